The van der Waals surface area contributed by atoms with E-state index in [4.69, 9.17) is 13.8 Å². The van der Waals surface area contributed by atoms with Gasteiger partial charge in [-0.25, -0.2) is 4.98 Å². The van der Waals surface area contributed by atoms with E-state index < -0.39 is 0 Å². The smallest absolute Gasteiger partial charge is 0.227 e. The van der Waals surface area contributed by atoms with Gasteiger partial charge in [0.25, 0.3) is 0 Å². The van der Waals surface area contributed by atoms with Gasteiger partial charge in [0.1, 0.15) is 11.1 Å². The van der Waals surface area contributed by atoms with Gasteiger partial charge in [0.2, 0.25) is 5.89 Å². The van der Waals surface area contributed by atoms with Crippen molar-refractivity contribution in [1.29, 1.82) is 0 Å². The third-order valence-electron chi connectivity index (χ3n) is 10.8. The molecule has 0 aliphatic rings. The number of hydrogen-bond acceptors (Lipinski definition) is 5. The Kier molecular flexibility index (Phi) is 6.44. The van der Waals surface area contributed by atoms with E-state index in [1.165, 1.54) is 20.2 Å². The molecule has 12 rings (SSSR count). The quantitative estimate of drug-likeness (QED) is 0.177. The molecular formula is C49H29N3O2S. The summed E-state index contributed by atoms with van der Waals surface area (Å²) in [5.74, 6) is 0.575. The minimum Gasteiger partial charge on any atom is -0.454 e. The highest BCUT2D eigenvalue weighted by molar-refractivity contribution is 7.25. The van der Waals surface area contributed by atoms with E-state index in [0.717, 1.165) is 77.6 Å². The molecule has 4 aromatic heterocycles. The van der Waals surface area contributed by atoms with Crippen LogP contribution >= 0.6 is 11.3 Å². The summed E-state index contributed by atoms with van der Waals surface area (Å²) in [4.78, 5) is 7.49. The summed E-state index contributed by atoms with van der Waals surface area (Å²) in [7, 11) is 0. The van der Waals surface area contributed by atoms with Crippen LogP contribution in [-0.2, 0) is 0 Å². The second kappa shape index (κ2) is 11.7. The summed E-state index contributed by atoms with van der Waals surface area (Å²) in [6.45, 7) is 0. The molecule has 0 spiro atoms. The number of hydrogen-bond donors (Lipinski definition) is 0. The summed E-state index contributed by atoms with van der Waals surface area (Å²) in [6, 6.07) is 61.8. The highest BCUT2D eigenvalue weighted by Crippen LogP contribution is 2.50. The molecule has 4 heterocycles. The first-order chi connectivity index (χ1) is 27.3. The summed E-state index contributed by atoms with van der Waals surface area (Å²) < 4.78 is 18.5. The van der Waals surface area contributed by atoms with Gasteiger partial charge in [0, 0.05) is 59.3 Å². The molecule has 0 unspecified atom stereocenters. The van der Waals surface area contributed by atoms with Crippen molar-refractivity contribution in [3.05, 3.63) is 176 Å². The number of nitrogens with zero attached hydrogens (tertiary/aromatic N) is 3. The Morgan fingerprint density at radius 1 is 0.491 bits per heavy atom. The summed E-state index contributed by atoms with van der Waals surface area (Å²) in [6.07, 6.45) is 0. The first kappa shape index (κ1) is 30.3. The predicted octanol–water partition coefficient (Wildman–Crippen LogP) is 14.3. The van der Waals surface area contributed by atoms with E-state index in [1.54, 1.807) is 0 Å². The van der Waals surface area contributed by atoms with Crippen LogP contribution in [0.1, 0.15) is 0 Å². The number of fused-ring (bicyclic) bond motifs is 11. The van der Waals surface area contributed by atoms with Gasteiger partial charge >= 0.3 is 0 Å². The molecule has 0 saturated carbocycles. The maximum atomic E-state index is 6.91. The molecule has 0 saturated heterocycles. The second-order valence-electron chi connectivity index (χ2n) is 13.9. The molecular weight excluding hydrogens is 695 g/mol. The van der Waals surface area contributed by atoms with Gasteiger partial charge in [0.05, 0.1) is 27.8 Å². The monoisotopic (exact) mass is 723 g/mol. The minimum atomic E-state index is 0.575. The van der Waals surface area contributed by atoms with E-state index in [0.29, 0.717) is 11.5 Å². The molecule has 258 valence electrons. The number of furan rings is 1. The Morgan fingerprint density at radius 2 is 1.20 bits per heavy atom. The lowest BCUT2D eigenvalue weighted by molar-refractivity contribution is 0.619. The van der Waals surface area contributed by atoms with Crippen molar-refractivity contribution in [1.82, 2.24) is 9.55 Å². The van der Waals surface area contributed by atoms with Crippen molar-refractivity contribution in [2.24, 2.45) is 0 Å². The molecule has 0 amide bonds. The lowest BCUT2D eigenvalue weighted by Crippen LogP contribution is -2.11. The first-order valence-electron chi connectivity index (χ1n) is 18.4. The molecule has 5 nitrogen and oxygen atoms in total. The van der Waals surface area contributed by atoms with Gasteiger partial charge in [-0.05, 0) is 66.7 Å². The summed E-state index contributed by atoms with van der Waals surface area (Å²) in [5, 5.41) is 6.75. The SMILES string of the molecule is c1ccc(-c2nc3c(cc(N(c4ccc5c(c4)sc4ccccc45)c4cccc5c4c4ccccc4n5-c4ccccc4)c4oc5ccccc5c43)o2)cc1. The maximum Gasteiger partial charge on any atom is 0.227 e. The molecule has 8 aromatic carbocycles. The van der Waals surface area contributed by atoms with Crippen LogP contribution in [0.15, 0.2) is 185 Å². The molecule has 12 aromatic rings. The predicted molar refractivity (Wildman–Crippen MR) is 229 cm³/mol. The lowest BCUT2D eigenvalue weighted by Gasteiger charge is -2.26. The van der Waals surface area contributed by atoms with E-state index in [-0.39, 0.29) is 0 Å². The van der Waals surface area contributed by atoms with Crippen LogP contribution in [0.25, 0.3) is 92.2 Å². The Hall–Kier alpha value is -7.15. The Bertz CT molecular complexity index is 3450. The van der Waals surface area contributed by atoms with Crippen molar-refractivity contribution < 1.29 is 8.83 Å². The van der Waals surface area contributed by atoms with E-state index in [9.17, 15) is 0 Å². The lowest BCUT2D eigenvalue weighted by atomic mass is 10.1. The zero-order chi connectivity index (χ0) is 36.0. The van der Waals surface area contributed by atoms with Crippen molar-refractivity contribution >= 4 is 103 Å². The minimum absolute atomic E-state index is 0.575. The topological polar surface area (TPSA) is 47.3 Å². The first-order valence-corrected chi connectivity index (χ1v) is 19.2. The fraction of sp³-hybridized carbons (Fsp3) is 0. The van der Waals surface area contributed by atoms with Gasteiger partial charge in [-0.3, -0.25) is 0 Å². The molecule has 0 aliphatic carbocycles. The molecule has 0 aliphatic heterocycles. The van der Waals surface area contributed by atoms with Crippen LogP contribution in [0.3, 0.4) is 0 Å². The zero-order valence-electron chi connectivity index (χ0n) is 29.3. The van der Waals surface area contributed by atoms with Gasteiger partial charge < -0.3 is 18.3 Å². The van der Waals surface area contributed by atoms with Crippen LogP contribution in [0.4, 0.5) is 17.1 Å². The molecule has 0 bridgehead atoms. The molecule has 0 radical (unpaired) electrons. The molecule has 0 fully saturated rings. The van der Waals surface area contributed by atoms with E-state index >= 15 is 0 Å². The van der Waals surface area contributed by atoms with Gasteiger partial charge in [0.15, 0.2) is 11.2 Å². The number of thiophene rings is 1. The number of benzene rings is 8. The van der Waals surface area contributed by atoms with Gasteiger partial charge in [-0.2, -0.15) is 0 Å². The highest BCUT2D eigenvalue weighted by Gasteiger charge is 2.27. The van der Waals surface area contributed by atoms with Crippen molar-refractivity contribution in [3.63, 3.8) is 0 Å². The van der Waals surface area contributed by atoms with Crippen LogP contribution < -0.4 is 4.90 Å². The third-order valence-corrected chi connectivity index (χ3v) is 11.9. The van der Waals surface area contributed by atoms with Crippen LogP contribution in [0.5, 0.6) is 0 Å². The molecule has 55 heavy (non-hydrogen) atoms. The van der Waals surface area contributed by atoms with E-state index in [2.05, 4.69) is 143 Å². The normalized spacial score (nSPS) is 12.0. The number of para-hydroxylation sites is 3. The summed E-state index contributed by atoms with van der Waals surface area (Å²) in [5.41, 5.74) is 10.2. The summed E-state index contributed by atoms with van der Waals surface area (Å²) >= 11 is 1.82. The van der Waals surface area contributed by atoms with Crippen LogP contribution in [-0.4, -0.2) is 9.55 Å². The average molecular weight is 724 g/mol. The number of aromatic nitrogens is 2. The molecule has 6 heteroatoms. The Morgan fingerprint density at radius 3 is 2.07 bits per heavy atom. The number of anilines is 3. The van der Waals surface area contributed by atoms with Crippen molar-refractivity contribution in [2.45, 2.75) is 0 Å². The molecule has 0 atom stereocenters. The second-order valence-corrected chi connectivity index (χ2v) is 15.0. The Balaban J connectivity index is 1.22. The van der Waals surface area contributed by atoms with Gasteiger partial charge in [-0.15, -0.1) is 11.3 Å². The van der Waals surface area contributed by atoms with Gasteiger partial charge in [-0.1, -0.05) is 103 Å². The largest absolute Gasteiger partial charge is 0.454 e. The highest BCUT2D eigenvalue weighted by atomic mass is 32.1. The molecule has 0 N–H and O–H groups in total. The van der Waals surface area contributed by atoms with E-state index in [1.807, 2.05) is 53.8 Å². The fourth-order valence-corrected chi connectivity index (χ4v) is 9.57. The number of oxazole rings is 1. The third kappa shape index (κ3) is 4.49. The van der Waals surface area contributed by atoms with Crippen molar-refractivity contribution in [2.75, 3.05) is 4.90 Å². The fourth-order valence-electron chi connectivity index (χ4n) is 8.43. The zero-order valence-corrected chi connectivity index (χ0v) is 30.1. The van der Waals surface area contributed by atoms with Crippen molar-refractivity contribution in [3.8, 4) is 17.1 Å². The Labute approximate surface area is 318 Å². The maximum absolute atomic E-state index is 6.91. The number of rotatable bonds is 5. The van der Waals surface area contributed by atoms with Crippen LogP contribution in [0, 0.1) is 0 Å². The average Bonchev–Trinajstić information content (AvgIpc) is 4.02. The standard InChI is InChI=1S/C49H29N3O2S/c1-3-14-30(15-4-1)49-50-47-42(54-49)29-40(48-46(47)36-20-8-11-24-41(36)53-48)52(32-26-27-34-33-18-9-12-25-43(33)55-44(34)28-32)39-23-13-22-38-45(39)35-19-7-10-21-37(35)51(38)31-16-5-2-6-17-31/h1-29H. The van der Waals surface area contributed by atoms with Crippen LogP contribution in [0.2, 0.25) is 0 Å².